The molecule has 1 saturated heterocycles. The molecule has 1 unspecified atom stereocenters. The molecule has 0 aromatic heterocycles. The summed E-state index contributed by atoms with van der Waals surface area (Å²) in [5, 5.41) is 10.2. The lowest BCUT2D eigenvalue weighted by Gasteiger charge is -2.35. The van der Waals surface area contributed by atoms with Crippen LogP contribution >= 0.6 is 0 Å². The van der Waals surface area contributed by atoms with E-state index in [1.54, 1.807) is 0 Å². The summed E-state index contributed by atoms with van der Waals surface area (Å²) in [7, 11) is 2.18. The zero-order valence-electron chi connectivity index (χ0n) is 14.8. The van der Waals surface area contributed by atoms with Crippen LogP contribution in [0.15, 0.2) is 18.2 Å². The molecule has 136 valence electrons. The second kappa shape index (κ2) is 9.44. The molecule has 5 heteroatoms. The van der Waals surface area contributed by atoms with Gasteiger partial charge in [-0.15, -0.1) is 0 Å². The maximum Gasteiger partial charge on any atom is 0.129 e. The summed E-state index contributed by atoms with van der Waals surface area (Å²) >= 11 is 0. The van der Waals surface area contributed by atoms with Crippen molar-refractivity contribution < 1.29 is 13.9 Å². The molecule has 0 spiro atoms. The van der Waals surface area contributed by atoms with Crippen LogP contribution in [-0.2, 0) is 0 Å². The molecule has 3 nitrogen and oxygen atoms in total. The molecule has 0 saturated carbocycles. The summed E-state index contributed by atoms with van der Waals surface area (Å²) in [4.78, 5) is 4.55. The number of nitrogens with zero attached hydrogens (tertiary/aromatic N) is 2. The van der Waals surface area contributed by atoms with Gasteiger partial charge in [-0.1, -0.05) is 13.3 Å². The van der Waals surface area contributed by atoms with Gasteiger partial charge in [-0.3, -0.25) is 0 Å². The minimum atomic E-state index is -0.982. The third-order valence-corrected chi connectivity index (χ3v) is 4.92. The highest BCUT2D eigenvalue weighted by molar-refractivity contribution is 5.21. The summed E-state index contributed by atoms with van der Waals surface area (Å²) in [6.07, 6.45) is 3.66. The van der Waals surface area contributed by atoms with E-state index >= 15 is 0 Å². The van der Waals surface area contributed by atoms with Crippen molar-refractivity contribution >= 4 is 0 Å². The van der Waals surface area contributed by atoms with E-state index in [1.807, 2.05) is 0 Å². The summed E-state index contributed by atoms with van der Waals surface area (Å²) in [5.41, 5.74) is 0.0522. The van der Waals surface area contributed by atoms with Crippen molar-refractivity contribution in [2.45, 2.75) is 38.7 Å². The van der Waals surface area contributed by atoms with Crippen LogP contribution < -0.4 is 0 Å². The number of piperidine rings is 1. The Bertz CT molecular complexity index is 504. The summed E-state index contributed by atoms with van der Waals surface area (Å²) in [5.74, 6) is -0.373. The normalized spacial score (nSPS) is 18.2. The number of unbranched alkanes of at least 4 members (excludes halogenated alkanes) is 1. The molecule has 24 heavy (non-hydrogen) atoms. The fourth-order valence-electron chi connectivity index (χ4n) is 3.42. The van der Waals surface area contributed by atoms with Crippen LogP contribution in [0.2, 0.25) is 0 Å². The maximum absolute atomic E-state index is 13.7. The standard InChI is InChI=1S/C19H30F2N2O/c1-3-4-9-22(2)13-15-7-10-23(11-8-15)14-19(24)17-12-16(20)5-6-18(17)21/h5-6,12,15,19,24H,3-4,7-11,13-14H2,1-2H3. The number of aliphatic hydroxyl groups is 1. The van der Waals surface area contributed by atoms with E-state index in [-0.39, 0.29) is 5.56 Å². The first kappa shape index (κ1) is 19.3. The summed E-state index contributed by atoms with van der Waals surface area (Å²) in [6.45, 7) is 6.64. The zero-order valence-corrected chi connectivity index (χ0v) is 14.8. The molecule has 0 aliphatic carbocycles. The molecule has 0 amide bonds. The molecule has 1 N–H and O–H groups in total. The number of rotatable bonds is 8. The summed E-state index contributed by atoms with van der Waals surface area (Å²) < 4.78 is 27.0. The lowest BCUT2D eigenvalue weighted by Crippen LogP contribution is -2.39. The molecular formula is C19H30F2N2O. The minimum Gasteiger partial charge on any atom is -0.387 e. The van der Waals surface area contributed by atoms with E-state index in [0.717, 1.165) is 57.2 Å². The Labute approximate surface area is 144 Å². The van der Waals surface area contributed by atoms with E-state index in [1.165, 1.54) is 12.8 Å². The first-order valence-corrected chi connectivity index (χ1v) is 9.03. The topological polar surface area (TPSA) is 26.7 Å². The van der Waals surface area contributed by atoms with Crippen molar-refractivity contribution in [1.82, 2.24) is 9.80 Å². The molecule has 1 aromatic rings. The predicted octanol–water partition coefficient (Wildman–Crippen LogP) is 3.44. The van der Waals surface area contributed by atoms with Crippen LogP contribution in [0.4, 0.5) is 8.78 Å². The number of halogens is 2. The van der Waals surface area contributed by atoms with Crippen molar-refractivity contribution in [2.75, 3.05) is 39.8 Å². The number of benzene rings is 1. The Morgan fingerprint density at radius 2 is 2.00 bits per heavy atom. The number of aliphatic hydroxyl groups excluding tert-OH is 1. The SMILES string of the molecule is CCCCN(C)CC1CCN(CC(O)c2cc(F)ccc2F)CC1. The predicted molar refractivity (Wildman–Crippen MR) is 92.9 cm³/mol. The molecule has 1 fully saturated rings. The number of hydrogen-bond donors (Lipinski definition) is 1. The van der Waals surface area contributed by atoms with Gasteiger partial charge in [-0.05, 0) is 70.1 Å². The Morgan fingerprint density at radius 1 is 1.29 bits per heavy atom. The third kappa shape index (κ3) is 5.80. The van der Waals surface area contributed by atoms with Crippen LogP contribution in [0.5, 0.6) is 0 Å². The first-order valence-electron chi connectivity index (χ1n) is 9.03. The second-order valence-electron chi connectivity index (χ2n) is 7.04. The molecule has 1 aliphatic heterocycles. The van der Waals surface area contributed by atoms with Crippen LogP contribution in [-0.4, -0.2) is 54.7 Å². The van der Waals surface area contributed by atoms with E-state index in [2.05, 4.69) is 23.8 Å². The van der Waals surface area contributed by atoms with Crippen LogP contribution in [0, 0.1) is 17.6 Å². The number of hydrogen-bond acceptors (Lipinski definition) is 3. The molecular weight excluding hydrogens is 310 g/mol. The van der Waals surface area contributed by atoms with Gasteiger partial charge in [0.2, 0.25) is 0 Å². The highest BCUT2D eigenvalue weighted by Gasteiger charge is 2.23. The lowest BCUT2D eigenvalue weighted by atomic mass is 9.95. The molecule has 2 rings (SSSR count). The largest absolute Gasteiger partial charge is 0.387 e. The van der Waals surface area contributed by atoms with Crippen LogP contribution in [0.3, 0.4) is 0 Å². The van der Waals surface area contributed by atoms with Gasteiger partial charge in [0.25, 0.3) is 0 Å². The lowest BCUT2D eigenvalue weighted by molar-refractivity contribution is 0.0808. The first-order chi connectivity index (χ1) is 11.5. The van der Waals surface area contributed by atoms with Crippen molar-refractivity contribution in [2.24, 2.45) is 5.92 Å². The fourth-order valence-corrected chi connectivity index (χ4v) is 3.42. The van der Waals surface area contributed by atoms with Crippen molar-refractivity contribution in [3.05, 3.63) is 35.4 Å². The monoisotopic (exact) mass is 340 g/mol. The van der Waals surface area contributed by atoms with Gasteiger partial charge < -0.3 is 14.9 Å². The Morgan fingerprint density at radius 3 is 2.67 bits per heavy atom. The van der Waals surface area contributed by atoms with Gasteiger partial charge in [0.1, 0.15) is 11.6 Å². The van der Waals surface area contributed by atoms with E-state index < -0.39 is 17.7 Å². The molecule has 0 bridgehead atoms. The zero-order chi connectivity index (χ0) is 17.5. The highest BCUT2D eigenvalue weighted by atomic mass is 19.1. The molecule has 1 atom stereocenters. The van der Waals surface area contributed by atoms with Crippen LogP contribution in [0.1, 0.15) is 44.3 Å². The van der Waals surface area contributed by atoms with Gasteiger partial charge in [-0.25, -0.2) is 8.78 Å². The molecule has 1 heterocycles. The third-order valence-electron chi connectivity index (χ3n) is 4.92. The second-order valence-corrected chi connectivity index (χ2v) is 7.04. The average molecular weight is 340 g/mol. The smallest absolute Gasteiger partial charge is 0.129 e. The van der Waals surface area contributed by atoms with Gasteiger partial charge in [0.05, 0.1) is 6.10 Å². The van der Waals surface area contributed by atoms with E-state index in [0.29, 0.717) is 12.5 Å². The Hall–Kier alpha value is -1.04. The summed E-state index contributed by atoms with van der Waals surface area (Å²) in [6, 6.07) is 3.24. The van der Waals surface area contributed by atoms with Gasteiger partial charge in [-0.2, -0.15) is 0 Å². The maximum atomic E-state index is 13.7. The van der Waals surface area contributed by atoms with Gasteiger partial charge in [0.15, 0.2) is 0 Å². The van der Waals surface area contributed by atoms with E-state index in [9.17, 15) is 13.9 Å². The fraction of sp³-hybridized carbons (Fsp3) is 0.684. The van der Waals surface area contributed by atoms with E-state index in [4.69, 9.17) is 0 Å². The molecule has 1 aliphatic rings. The quantitative estimate of drug-likeness (QED) is 0.785. The van der Waals surface area contributed by atoms with Gasteiger partial charge in [0, 0.05) is 18.7 Å². The highest BCUT2D eigenvalue weighted by Crippen LogP contribution is 2.23. The minimum absolute atomic E-state index is 0.0522. The van der Waals surface area contributed by atoms with Crippen molar-refractivity contribution in [3.63, 3.8) is 0 Å². The average Bonchev–Trinajstić information content (AvgIpc) is 2.57. The number of β-amino-alcohol motifs (C(OH)–C–C–N with tert-alkyl or cyclic N) is 1. The van der Waals surface area contributed by atoms with Crippen molar-refractivity contribution in [3.8, 4) is 0 Å². The molecule has 0 radical (unpaired) electrons. The number of likely N-dealkylation sites (tertiary alicyclic amines) is 1. The van der Waals surface area contributed by atoms with Crippen molar-refractivity contribution in [1.29, 1.82) is 0 Å². The Balaban J connectivity index is 1.77. The molecule has 1 aromatic carbocycles. The van der Waals surface area contributed by atoms with Crippen LogP contribution in [0.25, 0.3) is 0 Å². The Kier molecular flexibility index (Phi) is 7.59. The van der Waals surface area contributed by atoms with Gasteiger partial charge >= 0.3 is 0 Å².